The van der Waals surface area contributed by atoms with E-state index in [1.54, 1.807) is 4.90 Å². The molecule has 2 aromatic carbocycles. The Hall–Kier alpha value is -3.69. The number of Topliss-reactive ketones (excluding diaryl/α,β-unsaturated/α-hetero) is 1. The van der Waals surface area contributed by atoms with E-state index < -0.39 is 17.7 Å². The largest absolute Gasteiger partial charge is 0.503 e. The van der Waals surface area contributed by atoms with Crippen LogP contribution in [0, 0.1) is 6.92 Å². The van der Waals surface area contributed by atoms with Crippen LogP contribution in [-0.4, -0.2) is 69.8 Å². The number of hydrogen-bond donors (Lipinski definition) is 1. The van der Waals surface area contributed by atoms with Crippen molar-refractivity contribution < 1.29 is 19.4 Å². The number of aryl methyl sites for hydroxylation is 1. The molecule has 5 rings (SSSR count). The Labute approximate surface area is 219 Å². The molecule has 1 aliphatic heterocycles. The number of ketones is 1. The first-order valence-corrected chi connectivity index (χ1v) is 13.2. The predicted molar refractivity (Wildman–Crippen MR) is 145 cm³/mol. The molecule has 1 aliphatic rings. The quantitative estimate of drug-likeness (QED) is 0.321. The van der Waals surface area contributed by atoms with Crippen molar-refractivity contribution in [1.29, 1.82) is 0 Å². The van der Waals surface area contributed by atoms with Gasteiger partial charge in [0, 0.05) is 12.2 Å². The highest BCUT2D eigenvalue weighted by Crippen LogP contribution is 2.41. The van der Waals surface area contributed by atoms with Crippen LogP contribution in [0.3, 0.4) is 0 Å². The summed E-state index contributed by atoms with van der Waals surface area (Å²) in [6.45, 7) is 5.44. The van der Waals surface area contributed by atoms with Gasteiger partial charge in [-0.05, 0) is 70.7 Å². The zero-order valence-corrected chi connectivity index (χ0v) is 22.2. The van der Waals surface area contributed by atoms with Crippen LogP contribution in [0.4, 0.5) is 0 Å². The molecule has 8 nitrogen and oxygen atoms in total. The number of thiazole rings is 1. The van der Waals surface area contributed by atoms with Crippen LogP contribution in [0.15, 0.2) is 59.9 Å². The number of aliphatic hydroxyl groups excluding tert-OH is 1. The smallest absolute Gasteiger partial charge is 0.290 e. The first kappa shape index (κ1) is 25.0. The van der Waals surface area contributed by atoms with E-state index in [0.717, 1.165) is 28.8 Å². The van der Waals surface area contributed by atoms with Gasteiger partial charge in [0.15, 0.2) is 10.7 Å². The van der Waals surface area contributed by atoms with E-state index >= 15 is 0 Å². The molecule has 0 saturated heterocycles. The minimum absolute atomic E-state index is 0.0976. The van der Waals surface area contributed by atoms with E-state index in [4.69, 9.17) is 4.74 Å². The number of ether oxygens (including phenoxy) is 1. The maximum Gasteiger partial charge on any atom is 0.290 e. The van der Waals surface area contributed by atoms with Gasteiger partial charge in [-0.15, -0.1) is 0 Å². The Balaban J connectivity index is 1.59. The zero-order valence-electron chi connectivity index (χ0n) is 21.4. The van der Waals surface area contributed by atoms with E-state index in [1.807, 2.05) is 85.8 Å². The molecule has 0 aliphatic carbocycles. The van der Waals surface area contributed by atoms with Crippen LogP contribution >= 0.6 is 11.3 Å². The van der Waals surface area contributed by atoms with E-state index in [0.29, 0.717) is 35.2 Å². The van der Waals surface area contributed by atoms with Gasteiger partial charge in [0.25, 0.3) is 5.91 Å². The third-order valence-corrected chi connectivity index (χ3v) is 7.77. The number of aliphatic hydroxyl groups is 1. The number of carbonyl (C=O) groups excluding carboxylic acids is 2. The van der Waals surface area contributed by atoms with Crippen LogP contribution in [0.1, 0.15) is 40.3 Å². The summed E-state index contributed by atoms with van der Waals surface area (Å²) in [5, 5.41) is 11.1. The number of benzene rings is 2. The minimum Gasteiger partial charge on any atom is -0.503 e. The first-order valence-electron chi connectivity index (χ1n) is 12.3. The number of rotatable bonds is 9. The van der Waals surface area contributed by atoms with Crippen molar-refractivity contribution >= 4 is 39.0 Å². The number of nitrogens with zero attached hydrogens (tertiary/aromatic N) is 4. The molecule has 4 aromatic rings. The number of amides is 1. The van der Waals surface area contributed by atoms with Crippen LogP contribution in [0.5, 0.6) is 5.75 Å². The summed E-state index contributed by atoms with van der Waals surface area (Å²) in [7, 11) is 3.94. The number of carbonyl (C=O) groups is 2. The standard InChI is InChI=1S/C28H30N4O4S/c1-5-36-19-11-8-10-18(16-19)23-22(25(34)27(35)31(23)15-9-14-30(3)4)24(33)26-17(2)32-21-13-7-6-12-20(21)29-28(32)37-26/h6-8,10-13,16,23,34H,5,9,14-15H2,1-4H3. The molecule has 1 amide bonds. The Kier molecular flexibility index (Phi) is 6.74. The highest BCUT2D eigenvalue weighted by atomic mass is 32.1. The maximum atomic E-state index is 14.1. The zero-order chi connectivity index (χ0) is 26.3. The summed E-state index contributed by atoms with van der Waals surface area (Å²) < 4.78 is 7.65. The topological polar surface area (TPSA) is 87.4 Å². The van der Waals surface area contributed by atoms with E-state index in [-0.39, 0.29) is 11.4 Å². The second-order valence-electron chi connectivity index (χ2n) is 9.39. The second kappa shape index (κ2) is 9.99. The fourth-order valence-electron chi connectivity index (χ4n) is 4.96. The van der Waals surface area contributed by atoms with Crippen molar-refractivity contribution in [3.63, 3.8) is 0 Å². The van der Waals surface area contributed by atoms with E-state index in [1.165, 1.54) is 11.3 Å². The summed E-state index contributed by atoms with van der Waals surface area (Å²) in [6.07, 6.45) is 0.701. The van der Waals surface area contributed by atoms with Crippen molar-refractivity contribution in [2.75, 3.05) is 33.8 Å². The van der Waals surface area contributed by atoms with Crippen LogP contribution in [0.2, 0.25) is 0 Å². The van der Waals surface area contributed by atoms with Gasteiger partial charge in [0.1, 0.15) is 5.75 Å². The lowest BCUT2D eigenvalue weighted by atomic mass is 9.94. The monoisotopic (exact) mass is 518 g/mol. The highest BCUT2D eigenvalue weighted by Gasteiger charge is 2.44. The van der Waals surface area contributed by atoms with E-state index in [2.05, 4.69) is 4.98 Å². The molecule has 1 unspecified atom stereocenters. The molecule has 3 heterocycles. The molecule has 0 fully saturated rings. The molecule has 37 heavy (non-hydrogen) atoms. The molecule has 0 radical (unpaired) electrons. The van der Waals surface area contributed by atoms with Crippen molar-refractivity contribution in [1.82, 2.24) is 19.2 Å². The first-order chi connectivity index (χ1) is 17.8. The Bertz CT molecular complexity index is 1530. The number of fused-ring (bicyclic) bond motifs is 3. The summed E-state index contributed by atoms with van der Waals surface area (Å²) in [5.74, 6) is -0.726. The average molecular weight is 519 g/mol. The number of imidazole rings is 1. The molecule has 192 valence electrons. The number of para-hydroxylation sites is 2. The number of aromatic nitrogens is 2. The van der Waals surface area contributed by atoms with Crippen molar-refractivity contribution in [3.05, 3.63) is 76.0 Å². The lowest BCUT2D eigenvalue weighted by Crippen LogP contribution is -2.33. The Morgan fingerprint density at radius 2 is 1.97 bits per heavy atom. The van der Waals surface area contributed by atoms with Gasteiger partial charge in [-0.1, -0.05) is 35.6 Å². The Morgan fingerprint density at radius 1 is 1.19 bits per heavy atom. The predicted octanol–water partition coefficient (Wildman–Crippen LogP) is 4.79. The van der Waals surface area contributed by atoms with Crippen LogP contribution in [0.25, 0.3) is 16.0 Å². The van der Waals surface area contributed by atoms with Gasteiger partial charge in [-0.2, -0.15) is 0 Å². The van der Waals surface area contributed by atoms with E-state index in [9.17, 15) is 14.7 Å². The van der Waals surface area contributed by atoms with Gasteiger partial charge < -0.3 is 19.6 Å². The molecule has 1 atom stereocenters. The van der Waals surface area contributed by atoms with Crippen LogP contribution < -0.4 is 4.74 Å². The molecular formula is C28H30N4O4S. The summed E-state index contributed by atoms with van der Waals surface area (Å²) in [6, 6.07) is 14.5. The van der Waals surface area contributed by atoms with Gasteiger partial charge in [0.2, 0.25) is 5.78 Å². The molecule has 0 spiro atoms. The summed E-state index contributed by atoms with van der Waals surface area (Å²) in [4.78, 5) is 36.9. The molecule has 0 saturated carbocycles. The SMILES string of the molecule is CCOc1cccc(C2C(C(=O)c3sc4nc5ccccc5n4c3C)=C(O)C(=O)N2CCCN(C)C)c1. The van der Waals surface area contributed by atoms with Gasteiger partial charge in [0.05, 0.1) is 34.1 Å². The second-order valence-corrected chi connectivity index (χ2v) is 10.4. The van der Waals surface area contributed by atoms with Crippen molar-refractivity contribution in [3.8, 4) is 5.75 Å². The fraction of sp³-hybridized carbons (Fsp3) is 0.321. The molecular weight excluding hydrogens is 488 g/mol. The molecule has 2 aromatic heterocycles. The molecule has 9 heteroatoms. The highest BCUT2D eigenvalue weighted by molar-refractivity contribution is 7.19. The Morgan fingerprint density at radius 3 is 2.73 bits per heavy atom. The summed E-state index contributed by atoms with van der Waals surface area (Å²) >= 11 is 1.28. The van der Waals surface area contributed by atoms with Crippen molar-refractivity contribution in [2.45, 2.75) is 26.3 Å². The minimum atomic E-state index is -0.715. The maximum absolute atomic E-state index is 14.1. The summed E-state index contributed by atoms with van der Waals surface area (Å²) in [5.41, 5.74) is 3.32. The van der Waals surface area contributed by atoms with Crippen LogP contribution in [-0.2, 0) is 4.79 Å². The normalized spacial score (nSPS) is 16.1. The van der Waals surface area contributed by atoms with Gasteiger partial charge in [-0.3, -0.25) is 14.0 Å². The molecule has 1 N–H and O–H groups in total. The average Bonchev–Trinajstić information content (AvgIpc) is 3.48. The fourth-order valence-corrected chi connectivity index (χ4v) is 6.05. The third-order valence-electron chi connectivity index (χ3n) is 6.63. The lowest BCUT2D eigenvalue weighted by molar-refractivity contribution is -0.129. The number of hydrogen-bond acceptors (Lipinski definition) is 7. The third kappa shape index (κ3) is 4.38. The van der Waals surface area contributed by atoms with Gasteiger partial charge in [-0.25, -0.2) is 4.98 Å². The van der Waals surface area contributed by atoms with Gasteiger partial charge >= 0.3 is 0 Å². The van der Waals surface area contributed by atoms with Crippen molar-refractivity contribution in [2.24, 2.45) is 0 Å². The lowest BCUT2D eigenvalue weighted by Gasteiger charge is -2.27. The molecule has 0 bridgehead atoms.